The van der Waals surface area contributed by atoms with Crippen molar-refractivity contribution in [3.8, 4) is 33.8 Å². The van der Waals surface area contributed by atoms with Crippen LogP contribution in [0.5, 0.6) is 0 Å². The first-order valence-corrected chi connectivity index (χ1v) is 12.7. The Labute approximate surface area is 232 Å². The van der Waals surface area contributed by atoms with Crippen LogP contribution in [0.25, 0.3) is 58.1 Å². The Balaban J connectivity index is 1.42. The minimum absolute atomic E-state index is 0.450. The van der Waals surface area contributed by atoms with Crippen molar-refractivity contribution >= 4 is 35.7 Å². The summed E-state index contributed by atoms with van der Waals surface area (Å²) >= 11 is 0. The summed E-state index contributed by atoms with van der Waals surface area (Å²) in [7, 11) is 0. The van der Waals surface area contributed by atoms with Gasteiger partial charge >= 0.3 is 0 Å². The van der Waals surface area contributed by atoms with E-state index in [2.05, 4.69) is 19.9 Å². The number of nitrogen functional groups attached to an aromatic ring is 2. The van der Waals surface area contributed by atoms with E-state index in [9.17, 15) is 0 Å². The molecule has 0 bridgehead atoms. The molecule has 40 heavy (non-hydrogen) atoms. The van der Waals surface area contributed by atoms with Gasteiger partial charge in [0.05, 0.1) is 28.8 Å². The number of benzene rings is 2. The zero-order chi connectivity index (χ0) is 27.3. The molecule has 2 aliphatic rings. The summed E-state index contributed by atoms with van der Waals surface area (Å²) < 4.78 is 0. The number of anilines is 2. The lowest BCUT2D eigenvalue weighted by molar-refractivity contribution is 1.20. The largest absolute Gasteiger partial charge is 0.398 e. The Hall–Kier alpha value is -5.69. The van der Waals surface area contributed by atoms with Crippen LogP contribution in [0.4, 0.5) is 11.4 Å². The monoisotopic (exact) mass is 519 g/mol. The SMILES string of the molecule is Nc1ccnc(/C=C/c2ccccc2)c1-c1ncc2ncc(-c3c(N)ccnc3/C=C/c3ccccc3)c-2cn1. The number of nitrogens with zero attached hydrogens (tertiary/aromatic N) is 5. The van der Waals surface area contributed by atoms with E-state index in [1.54, 1.807) is 43.1 Å². The molecule has 0 spiro atoms. The maximum Gasteiger partial charge on any atom is 0.163 e. The highest BCUT2D eigenvalue weighted by atomic mass is 14.9. The van der Waals surface area contributed by atoms with Crippen LogP contribution in [-0.4, -0.2) is 24.9 Å². The first kappa shape index (κ1) is 24.6. The van der Waals surface area contributed by atoms with Crippen molar-refractivity contribution in [3.63, 3.8) is 0 Å². The topological polar surface area (TPSA) is 116 Å². The van der Waals surface area contributed by atoms with E-state index < -0.39 is 0 Å². The molecule has 0 saturated heterocycles. The zero-order valence-electron chi connectivity index (χ0n) is 21.5. The van der Waals surface area contributed by atoms with Crippen LogP contribution in [0.2, 0.25) is 0 Å². The van der Waals surface area contributed by atoms with Gasteiger partial charge in [-0.15, -0.1) is 0 Å². The normalized spacial score (nSPS) is 11.5. The van der Waals surface area contributed by atoms with Crippen molar-refractivity contribution in [1.82, 2.24) is 24.9 Å². The molecule has 0 amide bonds. The molecule has 7 nitrogen and oxygen atoms in total. The number of nitrogens with two attached hydrogens (primary N) is 2. The fourth-order valence-electron chi connectivity index (χ4n) is 4.52. The van der Waals surface area contributed by atoms with Crippen molar-refractivity contribution in [1.29, 1.82) is 0 Å². The number of hydrogen-bond acceptors (Lipinski definition) is 7. The molecule has 2 aliphatic heterocycles. The molecule has 7 heteroatoms. The maximum absolute atomic E-state index is 6.48. The second kappa shape index (κ2) is 11.0. The Morgan fingerprint density at radius 1 is 0.475 bits per heavy atom. The third-order valence-electron chi connectivity index (χ3n) is 6.51. The lowest BCUT2D eigenvalue weighted by Crippen LogP contribution is -1.97. The Bertz CT molecular complexity index is 1810. The average molecular weight is 520 g/mol. The summed E-state index contributed by atoms with van der Waals surface area (Å²) in [6, 6.07) is 23.6. The molecule has 6 rings (SSSR count). The van der Waals surface area contributed by atoms with Gasteiger partial charge in [0, 0.05) is 52.9 Å². The summed E-state index contributed by atoms with van der Waals surface area (Å²) in [4.78, 5) is 23.2. The van der Waals surface area contributed by atoms with E-state index in [0.717, 1.165) is 33.5 Å². The van der Waals surface area contributed by atoms with Crippen LogP contribution in [0.3, 0.4) is 0 Å². The molecular formula is C33H25N7. The molecule has 2 aromatic carbocycles. The first-order chi connectivity index (χ1) is 19.7. The number of hydrogen-bond donors (Lipinski definition) is 2. The maximum atomic E-state index is 6.48. The second-order valence-electron chi connectivity index (χ2n) is 9.12. The summed E-state index contributed by atoms with van der Waals surface area (Å²) in [5.41, 5.74) is 21.3. The van der Waals surface area contributed by atoms with Crippen LogP contribution in [0.1, 0.15) is 22.5 Å². The van der Waals surface area contributed by atoms with Gasteiger partial charge < -0.3 is 11.5 Å². The van der Waals surface area contributed by atoms with Gasteiger partial charge in [-0.25, -0.2) is 9.97 Å². The molecule has 0 saturated carbocycles. The number of pyridine rings is 2. The standard InChI is InChI=1S/C33H25N7/c34-26-15-17-36-28(13-11-22-7-3-1-4-8-22)31(26)25-20-38-30-21-40-33(39-19-24(25)30)32-27(35)16-18-37-29(32)14-12-23-9-5-2-6-10-23/h1-21H,(H2,34,36)(H2,35,37)/b13-11+,14-12+. The number of rotatable bonds is 6. The Morgan fingerprint density at radius 2 is 1.00 bits per heavy atom. The molecule has 4 N–H and O–H groups in total. The number of fused-ring (bicyclic) bond motifs is 1. The summed E-state index contributed by atoms with van der Waals surface area (Å²) in [6.07, 6.45) is 16.5. The third-order valence-corrected chi connectivity index (χ3v) is 6.51. The van der Waals surface area contributed by atoms with Crippen LogP contribution in [-0.2, 0) is 0 Å². The zero-order valence-corrected chi connectivity index (χ0v) is 21.5. The van der Waals surface area contributed by atoms with E-state index in [0.29, 0.717) is 34.2 Å². The van der Waals surface area contributed by atoms with Crippen LogP contribution >= 0.6 is 0 Å². The predicted molar refractivity (Wildman–Crippen MR) is 162 cm³/mol. The lowest BCUT2D eigenvalue weighted by Gasteiger charge is -2.08. The Morgan fingerprint density at radius 3 is 1.62 bits per heavy atom. The van der Waals surface area contributed by atoms with E-state index in [1.165, 1.54) is 0 Å². The highest BCUT2D eigenvalue weighted by molar-refractivity contribution is 5.93. The Kier molecular flexibility index (Phi) is 6.75. The van der Waals surface area contributed by atoms with E-state index >= 15 is 0 Å². The van der Waals surface area contributed by atoms with Gasteiger partial charge in [0.25, 0.3) is 0 Å². The van der Waals surface area contributed by atoms with Crippen LogP contribution in [0, 0.1) is 0 Å². The summed E-state index contributed by atoms with van der Waals surface area (Å²) in [6.45, 7) is 0. The van der Waals surface area contributed by atoms with Gasteiger partial charge in [0.1, 0.15) is 0 Å². The van der Waals surface area contributed by atoms with Crippen molar-refractivity contribution in [2.24, 2.45) is 0 Å². The molecule has 4 heterocycles. The van der Waals surface area contributed by atoms with Gasteiger partial charge in [-0.2, -0.15) is 0 Å². The smallest absolute Gasteiger partial charge is 0.163 e. The first-order valence-electron chi connectivity index (χ1n) is 12.7. The minimum atomic E-state index is 0.450. The van der Waals surface area contributed by atoms with Crippen molar-refractivity contribution in [2.75, 3.05) is 11.5 Å². The molecule has 2 aromatic heterocycles. The van der Waals surface area contributed by atoms with E-state index in [1.807, 2.05) is 85.0 Å². The fraction of sp³-hybridized carbons (Fsp3) is 0. The summed E-state index contributed by atoms with van der Waals surface area (Å²) in [5, 5.41) is 0. The second-order valence-corrected chi connectivity index (χ2v) is 9.12. The molecule has 4 aromatic rings. The molecule has 0 aliphatic carbocycles. The van der Waals surface area contributed by atoms with E-state index in [-0.39, 0.29) is 0 Å². The average Bonchev–Trinajstić information content (AvgIpc) is 3.26. The summed E-state index contributed by atoms with van der Waals surface area (Å²) in [5.74, 6) is 0.450. The minimum Gasteiger partial charge on any atom is -0.398 e. The van der Waals surface area contributed by atoms with E-state index in [4.69, 9.17) is 16.5 Å². The molecule has 0 unspecified atom stereocenters. The molecule has 192 valence electrons. The molecular weight excluding hydrogens is 494 g/mol. The van der Waals surface area contributed by atoms with Gasteiger partial charge in [-0.1, -0.05) is 72.8 Å². The molecule has 0 radical (unpaired) electrons. The van der Waals surface area contributed by atoms with Gasteiger partial charge in [-0.3, -0.25) is 15.0 Å². The van der Waals surface area contributed by atoms with Gasteiger partial charge in [-0.05, 0) is 35.4 Å². The van der Waals surface area contributed by atoms with Crippen molar-refractivity contribution in [3.05, 3.63) is 126 Å². The highest BCUT2D eigenvalue weighted by Gasteiger charge is 2.19. The molecule has 0 atom stereocenters. The van der Waals surface area contributed by atoms with Gasteiger partial charge in [0.15, 0.2) is 5.82 Å². The quantitative estimate of drug-likeness (QED) is 0.254. The number of aromatic nitrogens is 5. The predicted octanol–water partition coefficient (Wildman–Crippen LogP) is 6.61. The lowest BCUT2D eigenvalue weighted by atomic mass is 9.99. The fourth-order valence-corrected chi connectivity index (χ4v) is 4.52. The third kappa shape index (κ3) is 5.04. The van der Waals surface area contributed by atoms with Crippen molar-refractivity contribution in [2.45, 2.75) is 0 Å². The van der Waals surface area contributed by atoms with Crippen LogP contribution < -0.4 is 11.5 Å². The van der Waals surface area contributed by atoms with Gasteiger partial charge in [0.2, 0.25) is 0 Å². The van der Waals surface area contributed by atoms with Crippen molar-refractivity contribution < 1.29 is 0 Å². The molecule has 0 fully saturated rings. The highest BCUT2D eigenvalue weighted by Crippen LogP contribution is 2.38. The van der Waals surface area contributed by atoms with Crippen LogP contribution in [0.15, 0.2) is 104 Å².